The van der Waals surface area contributed by atoms with Gasteiger partial charge in [-0.2, -0.15) is 0 Å². The van der Waals surface area contributed by atoms with Gasteiger partial charge >= 0.3 is 11.9 Å². The van der Waals surface area contributed by atoms with Crippen molar-refractivity contribution in [2.75, 3.05) is 6.61 Å². The molecule has 0 unspecified atom stereocenters. The molecule has 38 heavy (non-hydrogen) atoms. The number of allylic oxidation sites excluding steroid dienone is 1. The minimum absolute atomic E-state index is 0.00000109. The van der Waals surface area contributed by atoms with Gasteiger partial charge < -0.3 is 9.47 Å². The zero-order chi connectivity index (χ0) is 27.9. The molecule has 0 aromatic carbocycles. The van der Waals surface area contributed by atoms with Crippen LogP contribution in [0, 0.1) is 56.7 Å². The van der Waals surface area contributed by atoms with E-state index in [0.717, 1.165) is 12.8 Å². The van der Waals surface area contributed by atoms with E-state index in [4.69, 9.17) is 9.47 Å². The number of carbonyl (C=O) groups is 2. The van der Waals surface area contributed by atoms with Crippen LogP contribution in [0.4, 0.5) is 0 Å². The highest BCUT2D eigenvalue weighted by molar-refractivity contribution is 5.66. The molecule has 5 saturated carbocycles. The molecule has 0 amide bonds. The molecular formula is C34H54O4. The molecule has 5 fully saturated rings. The van der Waals surface area contributed by atoms with Crippen LogP contribution in [-0.4, -0.2) is 24.6 Å². The minimum Gasteiger partial charge on any atom is -0.465 e. The van der Waals surface area contributed by atoms with Crippen molar-refractivity contribution < 1.29 is 19.1 Å². The summed E-state index contributed by atoms with van der Waals surface area (Å²) in [5, 5.41) is 0. The third-order valence-electron chi connectivity index (χ3n) is 14.0. The molecule has 0 aromatic heterocycles. The summed E-state index contributed by atoms with van der Waals surface area (Å²) in [6.45, 7) is 23.1. The van der Waals surface area contributed by atoms with Gasteiger partial charge in [0.05, 0.1) is 6.61 Å². The zero-order valence-corrected chi connectivity index (χ0v) is 25.6. The fourth-order valence-corrected chi connectivity index (χ4v) is 12.2. The second-order valence-corrected chi connectivity index (χ2v) is 15.8. The molecule has 4 nitrogen and oxygen atoms in total. The van der Waals surface area contributed by atoms with Crippen LogP contribution in [0.1, 0.15) is 120 Å². The molecular weight excluding hydrogens is 472 g/mol. The maximum absolute atomic E-state index is 11.9. The molecule has 0 aliphatic heterocycles. The summed E-state index contributed by atoms with van der Waals surface area (Å²) < 4.78 is 11.7. The Morgan fingerprint density at radius 1 is 0.763 bits per heavy atom. The van der Waals surface area contributed by atoms with Gasteiger partial charge in [0.2, 0.25) is 0 Å². The summed E-state index contributed by atoms with van der Waals surface area (Å²) in [6.07, 6.45) is 12.0. The Balaban J connectivity index is 1.49. The van der Waals surface area contributed by atoms with Crippen LogP contribution in [0.2, 0.25) is 0 Å². The van der Waals surface area contributed by atoms with Gasteiger partial charge in [-0.1, -0.05) is 46.8 Å². The van der Waals surface area contributed by atoms with Crippen LogP contribution in [0.3, 0.4) is 0 Å². The standard InChI is InChI=1S/C34H54O4/c1-21(2)24-12-17-34(20-37-22(3)35)19-18-32(8)25(29(24)34)10-11-27-31(7)15-14-28(38-23(4)36)30(5,6)26(31)13-16-33(27,32)9/h24-29H,1,10-20H2,2-9H3/t24-,25+,26+,27+,28-,29+,31+,32+,33+,34+/m0/s1. The van der Waals surface area contributed by atoms with E-state index in [-0.39, 0.29) is 39.7 Å². The average molecular weight is 527 g/mol. The van der Waals surface area contributed by atoms with Gasteiger partial charge in [0, 0.05) is 24.7 Å². The Morgan fingerprint density at radius 3 is 2.11 bits per heavy atom. The van der Waals surface area contributed by atoms with Crippen LogP contribution < -0.4 is 0 Å². The van der Waals surface area contributed by atoms with E-state index < -0.39 is 0 Å². The minimum atomic E-state index is -0.140. The van der Waals surface area contributed by atoms with Crippen molar-refractivity contribution in [3.05, 3.63) is 12.2 Å². The summed E-state index contributed by atoms with van der Waals surface area (Å²) >= 11 is 0. The summed E-state index contributed by atoms with van der Waals surface area (Å²) in [5.74, 6) is 2.76. The Morgan fingerprint density at radius 2 is 1.47 bits per heavy atom. The summed E-state index contributed by atoms with van der Waals surface area (Å²) in [6, 6.07) is 0. The predicted molar refractivity (Wildman–Crippen MR) is 151 cm³/mol. The second kappa shape index (κ2) is 9.10. The largest absolute Gasteiger partial charge is 0.465 e. The Kier molecular flexibility index (Phi) is 6.76. The van der Waals surface area contributed by atoms with Gasteiger partial charge in [0.25, 0.3) is 0 Å². The molecule has 5 aliphatic carbocycles. The lowest BCUT2D eigenvalue weighted by Gasteiger charge is -2.73. The molecule has 5 aliphatic rings. The van der Waals surface area contributed by atoms with Crippen LogP contribution >= 0.6 is 0 Å². The van der Waals surface area contributed by atoms with Crippen molar-refractivity contribution in [1.82, 2.24) is 0 Å². The maximum atomic E-state index is 11.9. The normalized spacial score (nSPS) is 49.1. The number of esters is 2. The highest BCUT2D eigenvalue weighted by atomic mass is 16.5. The van der Waals surface area contributed by atoms with Crippen molar-refractivity contribution in [3.63, 3.8) is 0 Å². The monoisotopic (exact) mass is 526 g/mol. The second-order valence-electron chi connectivity index (χ2n) is 15.8. The maximum Gasteiger partial charge on any atom is 0.302 e. The van der Waals surface area contributed by atoms with E-state index in [1.807, 2.05) is 0 Å². The number of hydrogen-bond donors (Lipinski definition) is 0. The van der Waals surface area contributed by atoms with Crippen LogP contribution in [0.15, 0.2) is 12.2 Å². The van der Waals surface area contributed by atoms with Crippen molar-refractivity contribution in [1.29, 1.82) is 0 Å². The van der Waals surface area contributed by atoms with Crippen molar-refractivity contribution in [2.45, 2.75) is 126 Å². The van der Waals surface area contributed by atoms with E-state index in [0.29, 0.717) is 41.6 Å². The molecule has 0 bridgehead atoms. The predicted octanol–water partition coefficient (Wildman–Crippen LogP) is 8.14. The first-order chi connectivity index (χ1) is 17.6. The quantitative estimate of drug-likeness (QED) is 0.274. The van der Waals surface area contributed by atoms with Gasteiger partial charge in [-0.05, 0) is 117 Å². The number of ether oxygens (including phenoxy) is 2. The summed E-state index contributed by atoms with van der Waals surface area (Å²) in [5.41, 5.74) is 2.30. The highest BCUT2D eigenvalue weighted by Crippen LogP contribution is 2.77. The number of fused-ring (bicyclic) bond motifs is 7. The fraction of sp³-hybridized carbons (Fsp3) is 0.882. The van der Waals surface area contributed by atoms with Gasteiger partial charge in [-0.25, -0.2) is 0 Å². The Labute approximate surface area is 232 Å². The highest BCUT2D eigenvalue weighted by Gasteiger charge is 2.71. The van der Waals surface area contributed by atoms with Gasteiger partial charge in [-0.3, -0.25) is 9.59 Å². The lowest BCUT2D eigenvalue weighted by atomic mass is 9.32. The van der Waals surface area contributed by atoms with Gasteiger partial charge in [-0.15, -0.1) is 0 Å². The van der Waals surface area contributed by atoms with Crippen molar-refractivity contribution in [3.8, 4) is 0 Å². The number of rotatable bonds is 4. The van der Waals surface area contributed by atoms with Crippen LogP contribution in [0.5, 0.6) is 0 Å². The van der Waals surface area contributed by atoms with Crippen LogP contribution in [0.25, 0.3) is 0 Å². The van der Waals surface area contributed by atoms with E-state index in [2.05, 4.69) is 48.1 Å². The third kappa shape index (κ3) is 3.80. The molecule has 10 atom stereocenters. The zero-order valence-electron chi connectivity index (χ0n) is 25.6. The van der Waals surface area contributed by atoms with Crippen LogP contribution in [-0.2, 0) is 19.1 Å². The van der Waals surface area contributed by atoms with Crippen molar-refractivity contribution in [2.24, 2.45) is 56.7 Å². The third-order valence-corrected chi connectivity index (χ3v) is 14.0. The Bertz CT molecular complexity index is 998. The lowest BCUT2D eigenvalue weighted by molar-refractivity contribution is -0.252. The molecule has 0 aromatic rings. The van der Waals surface area contributed by atoms with Crippen molar-refractivity contribution >= 4 is 11.9 Å². The number of hydrogen-bond acceptors (Lipinski definition) is 4. The molecule has 0 N–H and O–H groups in total. The summed E-state index contributed by atoms with van der Waals surface area (Å²) in [4.78, 5) is 23.8. The summed E-state index contributed by atoms with van der Waals surface area (Å²) in [7, 11) is 0. The molecule has 0 radical (unpaired) electrons. The number of carbonyl (C=O) groups excluding carboxylic acids is 2. The molecule has 0 saturated heterocycles. The van der Waals surface area contributed by atoms with Gasteiger partial charge in [0.1, 0.15) is 6.10 Å². The topological polar surface area (TPSA) is 52.6 Å². The first-order valence-corrected chi connectivity index (χ1v) is 15.6. The van der Waals surface area contributed by atoms with Gasteiger partial charge in [0.15, 0.2) is 0 Å². The first kappa shape index (κ1) is 28.2. The van der Waals surface area contributed by atoms with E-state index in [1.165, 1.54) is 56.9 Å². The van der Waals surface area contributed by atoms with E-state index in [9.17, 15) is 9.59 Å². The Hall–Kier alpha value is -1.32. The smallest absolute Gasteiger partial charge is 0.302 e. The molecule has 5 rings (SSSR count). The molecule has 214 valence electrons. The molecule has 0 heterocycles. The molecule has 0 spiro atoms. The van der Waals surface area contributed by atoms with E-state index >= 15 is 0 Å². The SMILES string of the molecule is C=C(C)[C@@H]1CC[C@]2(COC(C)=O)CC[C@]3(C)[C@H](CC[C@@H]4[C@]5(C)CC[C@H](OC(C)=O)C(C)(C)[C@H]5CC[C@]43C)[C@@H]12. The fourth-order valence-electron chi connectivity index (χ4n) is 12.2. The average Bonchev–Trinajstić information content (AvgIpc) is 3.20. The van der Waals surface area contributed by atoms with E-state index in [1.54, 1.807) is 13.8 Å². The first-order valence-electron chi connectivity index (χ1n) is 15.6. The molecule has 4 heteroatoms. The lowest BCUT2D eigenvalue weighted by Crippen LogP contribution is -2.67.